The molecule has 0 saturated carbocycles. The molecule has 0 aliphatic carbocycles. The predicted molar refractivity (Wildman–Crippen MR) is 130 cm³/mol. The number of amides is 1. The van der Waals surface area contributed by atoms with Crippen LogP contribution in [0.2, 0.25) is 0 Å². The number of thioether (sulfide) groups is 1. The monoisotopic (exact) mass is 450 g/mol. The zero-order valence-electron chi connectivity index (χ0n) is 17.3. The Bertz CT molecular complexity index is 1250. The Hall–Kier alpha value is -2.97. The van der Waals surface area contributed by atoms with Gasteiger partial charge >= 0.3 is 0 Å². The van der Waals surface area contributed by atoms with Gasteiger partial charge in [0.15, 0.2) is 0 Å². The molecular formula is C23H22N4O2S2. The number of nitrogens with zero attached hydrogens (tertiary/aromatic N) is 3. The summed E-state index contributed by atoms with van der Waals surface area (Å²) in [6, 6.07) is 13.4. The molecule has 31 heavy (non-hydrogen) atoms. The van der Waals surface area contributed by atoms with Crippen molar-refractivity contribution in [2.45, 2.75) is 26.8 Å². The van der Waals surface area contributed by atoms with Crippen LogP contribution >= 0.6 is 24.0 Å². The Labute approximate surface area is 190 Å². The number of hydrogen-bond acceptors (Lipinski definition) is 6. The minimum atomic E-state index is -0.229. The van der Waals surface area contributed by atoms with Gasteiger partial charge in [-0.3, -0.25) is 18.9 Å². The quantitative estimate of drug-likeness (QED) is 0.448. The van der Waals surface area contributed by atoms with E-state index in [2.05, 4.69) is 10.3 Å². The highest BCUT2D eigenvalue weighted by molar-refractivity contribution is 8.26. The number of aryl methyl sites for hydroxylation is 1. The van der Waals surface area contributed by atoms with Gasteiger partial charge in [0.05, 0.1) is 17.0 Å². The van der Waals surface area contributed by atoms with E-state index in [4.69, 9.17) is 12.2 Å². The van der Waals surface area contributed by atoms with Crippen LogP contribution in [0, 0.1) is 6.92 Å². The second kappa shape index (κ2) is 9.03. The maximum atomic E-state index is 13.2. The first kappa shape index (κ1) is 21.3. The first-order valence-corrected chi connectivity index (χ1v) is 11.3. The summed E-state index contributed by atoms with van der Waals surface area (Å²) in [5.74, 6) is 0.274. The molecule has 0 unspecified atom stereocenters. The fourth-order valence-corrected chi connectivity index (χ4v) is 4.49. The highest BCUT2D eigenvalue weighted by Gasteiger charge is 2.32. The number of fused-ring (bicyclic) bond motifs is 1. The lowest BCUT2D eigenvalue weighted by atomic mass is 10.1. The molecule has 0 spiro atoms. The number of anilines is 1. The van der Waals surface area contributed by atoms with Gasteiger partial charge in [-0.2, -0.15) is 0 Å². The SMILES string of the molecule is CCCNc1nc2ccccn2c(=O)c1/C=C1\SC(=S)N(Cc2ccc(C)cc2)C1=O. The molecule has 8 heteroatoms. The van der Waals surface area contributed by atoms with Crippen molar-refractivity contribution < 1.29 is 4.79 Å². The normalized spacial score (nSPS) is 15.3. The van der Waals surface area contributed by atoms with Crippen LogP contribution in [0.1, 0.15) is 30.0 Å². The third-order valence-corrected chi connectivity index (χ3v) is 6.30. The van der Waals surface area contributed by atoms with Crippen molar-refractivity contribution in [1.29, 1.82) is 0 Å². The Morgan fingerprint density at radius 2 is 1.94 bits per heavy atom. The molecule has 0 bridgehead atoms. The summed E-state index contributed by atoms with van der Waals surface area (Å²) in [6.45, 7) is 5.13. The lowest BCUT2D eigenvalue weighted by Crippen LogP contribution is -2.27. The third-order valence-electron chi connectivity index (χ3n) is 4.92. The van der Waals surface area contributed by atoms with Crippen molar-refractivity contribution in [3.63, 3.8) is 0 Å². The van der Waals surface area contributed by atoms with Crippen LogP contribution < -0.4 is 10.9 Å². The van der Waals surface area contributed by atoms with E-state index in [1.54, 1.807) is 29.3 Å². The van der Waals surface area contributed by atoms with Gasteiger partial charge in [-0.15, -0.1) is 0 Å². The van der Waals surface area contributed by atoms with Gasteiger partial charge in [-0.05, 0) is 37.1 Å². The van der Waals surface area contributed by atoms with Gasteiger partial charge in [0.25, 0.3) is 11.5 Å². The molecule has 0 radical (unpaired) electrons. The van der Waals surface area contributed by atoms with E-state index in [0.717, 1.165) is 17.5 Å². The van der Waals surface area contributed by atoms with Gasteiger partial charge in [0.2, 0.25) is 0 Å². The predicted octanol–water partition coefficient (Wildman–Crippen LogP) is 4.23. The molecule has 2 aromatic heterocycles. The van der Waals surface area contributed by atoms with Crippen LogP contribution in [0.15, 0.2) is 58.4 Å². The molecule has 1 saturated heterocycles. The molecule has 4 rings (SSSR count). The standard InChI is InChI=1S/C23H22N4O2S2/c1-3-11-24-20-17(21(28)26-12-5-4-6-19(26)25-20)13-18-22(29)27(23(30)31-18)14-16-9-7-15(2)8-10-16/h4-10,12-13,24H,3,11,14H2,1-2H3/b18-13-. The summed E-state index contributed by atoms with van der Waals surface area (Å²) >= 11 is 6.67. The number of hydrogen-bond donors (Lipinski definition) is 1. The number of rotatable bonds is 6. The van der Waals surface area contributed by atoms with Gasteiger partial charge in [-0.1, -0.05) is 66.8 Å². The molecule has 0 atom stereocenters. The summed E-state index contributed by atoms with van der Waals surface area (Å²) in [7, 11) is 0. The molecule has 1 N–H and O–H groups in total. The zero-order chi connectivity index (χ0) is 22.0. The Morgan fingerprint density at radius 3 is 2.68 bits per heavy atom. The van der Waals surface area contributed by atoms with Gasteiger partial charge < -0.3 is 5.32 Å². The molecule has 6 nitrogen and oxygen atoms in total. The maximum absolute atomic E-state index is 13.2. The number of benzene rings is 1. The fraction of sp³-hybridized carbons (Fsp3) is 0.217. The summed E-state index contributed by atoms with van der Waals surface area (Å²) in [5.41, 5.74) is 2.84. The van der Waals surface area contributed by atoms with Crippen molar-refractivity contribution in [2.24, 2.45) is 0 Å². The second-order valence-corrected chi connectivity index (χ2v) is 8.96. The van der Waals surface area contributed by atoms with Crippen LogP contribution in [-0.2, 0) is 11.3 Å². The first-order chi connectivity index (χ1) is 15.0. The van der Waals surface area contributed by atoms with Crippen molar-refractivity contribution >= 4 is 51.7 Å². The van der Waals surface area contributed by atoms with E-state index < -0.39 is 0 Å². The summed E-state index contributed by atoms with van der Waals surface area (Å²) in [5, 5.41) is 3.22. The summed E-state index contributed by atoms with van der Waals surface area (Å²) in [4.78, 5) is 32.8. The molecule has 1 aromatic carbocycles. The van der Waals surface area contributed by atoms with Gasteiger partial charge in [-0.25, -0.2) is 4.98 Å². The number of nitrogens with one attached hydrogen (secondary N) is 1. The topological polar surface area (TPSA) is 66.7 Å². The van der Waals surface area contributed by atoms with Crippen molar-refractivity contribution in [2.75, 3.05) is 11.9 Å². The number of thiocarbonyl (C=S) groups is 1. The van der Waals surface area contributed by atoms with E-state index in [1.807, 2.05) is 44.2 Å². The average molecular weight is 451 g/mol. The lowest BCUT2D eigenvalue weighted by Gasteiger charge is -2.14. The lowest BCUT2D eigenvalue weighted by molar-refractivity contribution is -0.122. The molecule has 1 amide bonds. The van der Waals surface area contributed by atoms with E-state index in [1.165, 1.54) is 16.2 Å². The van der Waals surface area contributed by atoms with E-state index >= 15 is 0 Å². The Kier molecular flexibility index (Phi) is 6.20. The van der Waals surface area contributed by atoms with Gasteiger partial charge in [0.1, 0.15) is 15.8 Å². The molecule has 1 aliphatic heterocycles. The summed E-state index contributed by atoms with van der Waals surface area (Å²) in [6.07, 6.45) is 4.17. The Balaban J connectivity index is 1.71. The number of pyridine rings is 1. The van der Waals surface area contributed by atoms with Gasteiger partial charge in [0, 0.05) is 12.7 Å². The molecule has 158 valence electrons. The molecule has 1 aliphatic rings. The average Bonchev–Trinajstić information content (AvgIpc) is 3.03. The van der Waals surface area contributed by atoms with Crippen molar-refractivity contribution in [1.82, 2.24) is 14.3 Å². The van der Waals surface area contributed by atoms with E-state index in [-0.39, 0.29) is 11.5 Å². The number of carbonyl (C=O) groups excluding carboxylic acids is 1. The third kappa shape index (κ3) is 4.40. The largest absolute Gasteiger partial charge is 0.369 e. The van der Waals surface area contributed by atoms with Crippen LogP contribution in [0.3, 0.4) is 0 Å². The fourth-order valence-electron chi connectivity index (χ4n) is 3.25. The number of aromatic nitrogens is 2. The Morgan fingerprint density at radius 1 is 1.16 bits per heavy atom. The molecular weight excluding hydrogens is 428 g/mol. The molecule has 3 aromatic rings. The minimum Gasteiger partial charge on any atom is -0.369 e. The molecule has 1 fully saturated rings. The minimum absolute atomic E-state index is 0.199. The van der Waals surface area contributed by atoms with Crippen LogP contribution in [-0.4, -0.2) is 31.1 Å². The zero-order valence-corrected chi connectivity index (χ0v) is 18.9. The van der Waals surface area contributed by atoms with Crippen LogP contribution in [0.5, 0.6) is 0 Å². The molecule has 3 heterocycles. The summed E-state index contributed by atoms with van der Waals surface area (Å²) < 4.78 is 1.96. The van der Waals surface area contributed by atoms with Crippen molar-refractivity contribution in [3.05, 3.63) is 80.6 Å². The van der Waals surface area contributed by atoms with Crippen LogP contribution in [0.25, 0.3) is 11.7 Å². The smallest absolute Gasteiger partial charge is 0.267 e. The first-order valence-electron chi connectivity index (χ1n) is 10.0. The van der Waals surface area contributed by atoms with Crippen molar-refractivity contribution in [3.8, 4) is 0 Å². The maximum Gasteiger partial charge on any atom is 0.267 e. The van der Waals surface area contributed by atoms with E-state index in [9.17, 15) is 9.59 Å². The number of carbonyl (C=O) groups is 1. The van der Waals surface area contributed by atoms with E-state index in [0.29, 0.717) is 39.3 Å². The highest BCUT2D eigenvalue weighted by atomic mass is 32.2. The highest BCUT2D eigenvalue weighted by Crippen LogP contribution is 2.34. The second-order valence-electron chi connectivity index (χ2n) is 7.29. The van der Waals surface area contributed by atoms with Crippen LogP contribution in [0.4, 0.5) is 5.82 Å².